The molecule has 188 valence electrons. The summed E-state index contributed by atoms with van der Waals surface area (Å²) < 4.78 is 0. The van der Waals surface area contributed by atoms with E-state index in [-0.39, 0.29) is 25.7 Å². The minimum atomic E-state index is -1.27. The highest BCUT2D eigenvalue weighted by Gasteiger charge is 2.32. The van der Waals surface area contributed by atoms with Gasteiger partial charge in [0.25, 0.3) is 0 Å². The Morgan fingerprint density at radius 3 is 1.58 bits per heavy atom. The minimum absolute atomic E-state index is 0.0109. The van der Waals surface area contributed by atoms with Gasteiger partial charge >= 0.3 is 5.97 Å². The topological polar surface area (TPSA) is 237 Å². The third-order valence-corrected chi connectivity index (χ3v) is 4.83. The SMILES string of the molecule is CC(C)C(NC(=O)C(CCC(N)=O)NC(=O)C(NC(=O)C(N)CCC(N)=O)C(C)C)C(=O)O. The highest BCUT2D eigenvalue weighted by atomic mass is 16.4. The molecular formula is C20H36N6O7. The Hall–Kier alpha value is -3.22. The molecule has 0 aromatic rings. The van der Waals surface area contributed by atoms with Crippen LogP contribution < -0.4 is 33.2 Å². The molecule has 0 aliphatic carbocycles. The van der Waals surface area contributed by atoms with Gasteiger partial charge in [-0.05, 0) is 24.7 Å². The first kappa shape index (κ1) is 29.8. The van der Waals surface area contributed by atoms with E-state index in [1.54, 1.807) is 27.7 Å². The number of rotatable bonds is 15. The van der Waals surface area contributed by atoms with Gasteiger partial charge in [-0.2, -0.15) is 0 Å². The molecule has 4 unspecified atom stereocenters. The molecule has 0 aliphatic rings. The minimum Gasteiger partial charge on any atom is -0.480 e. The molecular weight excluding hydrogens is 436 g/mol. The maximum Gasteiger partial charge on any atom is 0.326 e. The van der Waals surface area contributed by atoms with E-state index in [2.05, 4.69) is 16.0 Å². The third-order valence-electron chi connectivity index (χ3n) is 4.83. The van der Waals surface area contributed by atoms with E-state index in [1.807, 2.05) is 0 Å². The summed E-state index contributed by atoms with van der Waals surface area (Å²) >= 11 is 0. The molecule has 0 bridgehead atoms. The number of carbonyl (C=O) groups is 6. The number of carboxylic acid groups (broad SMARTS) is 1. The number of carboxylic acids is 1. The van der Waals surface area contributed by atoms with Crippen LogP contribution in [-0.4, -0.2) is 64.8 Å². The Kier molecular flexibility index (Phi) is 12.7. The van der Waals surface area contributed by atoms with Crippen LogP contribution in [0.15, 0.2) is 0 Å². The molecule has 0 saturated heterocycles. The fourth-order valence-corrected chi connectivity index (χ4v) is 2.81. The second-order valence-corrected chi connectivity index (χ2v) is 8.48. The molecule has 4 atom stereocenters. The van der Waals surface area contributed by atoms with Gasteiger partial charge < -0.3 is 38.3 Å². The van der Waals surface area contributed by atoms with Gasteiger partial charge in [-0.15, -0.1) is 0 Å². The van der Waals surface area contributed by atoms with Crippen LogP contribution in [0.3, 0.4) is 0 Å². The number of carbonyl (C=O) groups excluding carboxylic acids is 5. The molecule has 0 radical (unpaired) electrons. The Morgan fingerprint density at radius 2 is 1.15 bits per heavy atom. The van der Waals surface area contributed by atoms with Crippen molar-refractivity contribution < 1.29 is 33.9 Å². The molecule has 0 fully saturated rings. The van der Waals surface area contributed by atoms with Gasteiger partial charge in [-0.25, -0.2) is 4.79 Å². The monoisotopic (exact) mass is 472 g/mol. The van der Waals surface area contributed by atoms with E-state index in [1.165, 1.54) is 0 Å². The van der Waals surface area contributed by atoms with Gasteiger partial charge in [-0.1, -0.05) is 27.7 Å². The number of hydrogen-bond donors (Lipinski definition) is 7. The zero-order chi connectivity index (χ0) is 25.9. The lowest BCUT2D eigenvalue weighted by Crippen LogP contribution is -2.58. The van der Waals surface area contributed by atoms with Crippen LogP contribution in [0.25, 0.3) is 0 Å². The van der Waals surface area contributed by atoms with Crippen molar-refractivity contribution >= 4 is 35.5 Å². The van der Waals surface area contributed by atoms with E-state index >= 15 is 0 Å². The molecule has 5 amide bonds. The van der Waals surface area contributed by atoms with Crippen molar-refractivity contribution in [1.82, 2.24) is 16.0 Å². The lowest BCUT2D eigenvalue weighted by molar-refractivity contribution is -0.143. The quantitative estimate of drug-likeness (QED) is 0.136. The van der Waals surface area contributed by atoms with Gasteiger partial charge in [0.15, 0.2) is 0 Å². The standard InChI is InChI=1S/C20H36N6O7/c1-9(2)15(25-17(29)11(21)5-7-13(22)27)19(31)24-12(6-8-14(23)28)18(30)26-16(10(3)4)20(32)33/h9-12,15-16H,5-8,21H2,1-4H3,(H2,22,27)(H2,23,28)(H,24,31)(H,25,29)(H,26,30)(H,32,33). The smallest absolute Gasteiger partial charge is 0.326 e. The number of amides is 5. The molecule has 33 heavy (non-hydrogen) atoms. The summed E-state index contributed by atoms with van der Waals surface area (Å²) in [5, 5.41) is 16.6. The molecule has 10 N–H and O–H groups in total. The van der Waals surface area contributed by atoms with E-state index < -0.39 is 71.5 Å². The van der Waals surface area contributed by atoms with Gasteiger partial charge in [0, 0.05) is 12.8 Å². The molecule has 13 nitrogen and oxygen atoms in total. The fourth-order valence-electron chi connectivity index (χ4n) is 2.81. The lowest BCUT2D eigenvalue weighted by atomic mass is 10.0. The number of nitrogens with two attached hydrogens (primary N) is 3. The van der Waals surface area contributed by atoms with Gasteiger partial charge in [0.2, 0.25) is 29.5 Å². The molecule has 13 heteroatoms. The molecule has 0 spiro atoms. The second kappa shape index (κ2) is 14.0. The van der Waals surface area contributed by atoms with Crippen molar-refractivity contribution in [1.29, 1.82) is 0 Å². The molecule has 0 rings (SSSR count). The summed E-state index contributed by atoms with van der Waals surface area (Å²) in [6.07, 6.45) is -0.533. The Bertz CT molecular complexity index is 740. The molecule has 0 heterocycles. The van der Waals surface area contributed by atoms with Crippen LogP contribution in [0.1, 0.15) is 53.4 Å². The molecule has 0 aromatic heterocycles. The van der Waals surface area contributed by atoms with Crippen molar-refractivity contribution in [2.75, 3.05) is 0 Å². The molecule has 0 saturated carbocycles. The van der Waals surface area contributed by atoms with Gasteiger partial charge in [0.1, 0.15) is 18.1 Å². The van der Waals surface area contributed by atoms with Crippen molar-refractivity contribution in [3.05, 3.63) is 0 Å². The number of aliphatic carboxylic acids is 1. The van der Waals surface area contributed by atoms with Crippen LogP contribution in [0.4, 0.5) is 0 Å². The van der Waals surface area contributed by atoms with E-state index in [0.717, 1.165) is 0 Å². The summed E-state index contributed by atoms with van der Waals surface area (Å²) in [6.45, 7) is 6.50. The van der Waals surface area contributed by atoms with Crippen LogP contribution >= 0.6 is 0 Å². The average Bonchev–Trinajstić information content (AvgIpc) is 2.69. The first-order valence-electron chi connectivity index (χ1n) is 10.6. The summed E-state index contributed by atoms with van der Waals surface area (Å²) in [4.78, 5) is 71.4. The zero-order valence-electron chi connectivity index (χ0n) is 19.4. The van der Waals surface area contributed by atoms with Crippen molar-refractivity contribution in [3.8, 4) is 0 Å². The fraction of sp³-hybridized carbons (Fsp3) is 0.700. The highest BCUT2D eigenvalue weighted by Crippen LogP contribution is 2.08. The molecule has 0 aliphatic heterocycles. The van der Waals surface area contributed by atoms with Crippen LogP contribution in [0.5, 0.6) is 0 Å². The van der Waals surface area contributed by atoms with Gasteiger partial charge in [0.05, 0.1) is 6.04 Å². The van der Waals surface area contributed by atoms with Crippen LogP contribution in [0.2, 0.25) is 0 Å². The van der Waals surface area contributed by atoms with E-state index in [0.29, 0.717) is 0 Å². The summed E-state index contributed by atoms with van der Waals surface area (Å²) in [5.41, 5.74) is 15.9. The van der Waals surface area contributed by atoms with E-state index in [9.17, 15) is 33.9 Å². The van der Waals surface area contributed by atoms with Crippen LogP contribution in [-0.2, 0) is 28.8 Å². The van der Waals surface area contributed by atoms with Crippen molar-refractivity contribution in [2.45, 2.75) is 77.5 Å². The Balaban J connectivity index is 5.46. The first-order valence-corrected chi connectivity index (χ1v) is 10.6. The summed E-state index contributed by atoms with van der Waals surface area (Å²) in [6, 6.07) is -4.66. The normalized spacial score (nSPS) is 14.6. The number of hydrogen-bond acceptors (Lipinski definition) is 7. The largest absolute Gasteiger partial charge is 0.480 e. The van der Waals surface area contributed by atoms with Crippen molar-refractivity contribution in [3.63, 3.8) is 0 Å². The van der Waals surface area contributed by atoms with Gasteiger partial charge in [-0.3, -0.25) is 24.0 Å². The average molecular weight is 473 g/mol. The predicted molar refractivity (Wildman–Crippen MR) is 118 cm³/mol. The number of primary amides is 2. The second-order valence-electron chi connectivity index (χ2n) is 8.48. The summed E-state index contributed by atoms with van der Waals surface area (Å²) in [5.74, 6) is -5.68. The van der Waals surface area contributed by atoms with Crippen LogP contribution in [0, 0.1) is 11.8 Å². The third kappa shape index (κ3) is 11.3. The maximum absolute atomic E-state index is 12.9. The highest BCUT2D eigenvalue weighted by molar-refractivity contribution is 5.94. The maximum atomic E-state index is 12.9. The zero-order valence-corrected chi connectivity index (χ0v) is 19.4. The van der Waals surface area contributed by atoms with E-state index in [4.69, 9.17) is 17.2 Å². The first-order chi connectivity index (χ1) is 15.2. The van der Waals surface area contributed by atoms with Crippen molar-refractivity contribution in [2.24, 2.45) is 29.0 Å². The number of nitrogens with one attached hydrogen (secondary N) is 3. The lowest BCUT2D eigenvalue weighted by Gasteiger charge is -2.27. The summed E-state index contributed by atoms with van der Waals surface area (Å²) in [7, 11) is 0. The predicted octanol–water partition coefficient (Wildman–Crippen LogP) is -2.30. The molecule has 0 aromatic carbocycles. The Labute approximate surface area is 192 Å². The Morgan fingerprint density at radius 1 is 0.697 bits per heavy atom.